The Kier molecular flexibility index (Phi) is 5.29. The lowest BCUT2D eigenvalue weighted by molar-refractivity contribution is -0.246. The van der Waals surface area contributed by atoms with Crippen LogP contribution < -0.4 is 0 Å². The minimum atomic E-state index is -2.10. The lowest BCUT2D eigenvalue weighted by Crippen LogP contribution is -2.46. The van der Waals surface area contributed by atoms with Gasteiger partial charge in [-0.2, -0.15) is 0 Å². The smallest absolute Gasteiger partial charge is 0.333 e. The van der Waals surface area contributed by atoms with Crippen LogP contribution in [0.2, 0.25) is 0 Å². The van der Waals surface area contributed by atoms with E-state index in [0.29, 0.717) is 0 Å². The topological polar surface area (TPSA) is 93.1 Å². The molecule has 0 radical (unpaired) electrons. The molecule has 15 heavy (non-hydrogen) atoms. The van der Waals surface area contributed by atoms with Crippen molar-refractivity contribution >= 4 is 11.9 Å². The van der Waals surface area contributed by atoms with E-state index in [0.717, 1.165) is 12.2 Å². The monoisotopic (exact) mass is 216 g/mol. The summed E-state index contributed by atoms with van der Waals surface area (Å²) in [6, 6.07) is 0. The Morgan fingerprint density at radius 1 is 1.07 bits per heavy atom. The third kappa shape index (κ3) is 3.92. The second kappa shape index (κ2) is 5.94. The number of rotatable bonds is 6. The van der Waals surface area contributed by atoms with E-state index in [1.54, 1.807) is 0 Å². The second-order valence-electron chi connectivity index (χ2n) is 2.48. The molecular formula is C9H12O6. The van der Waals surface area contributed by atoms with Gasteiger partial charge in [-0.1, -0.05) is 13.2 Å². The van der Waals surface area contributed by atoms with Crippen LogP contribution in [0.4, 0.5) is 0 Å². The van der Waals surface area contributed by atoms with Gasteiger partial charge in [0.2, 0.25) is 0 Å². The highest BCUT2D eigenvalue weighted by atomic mass is 16.7. The average molecular weight is 216 g/mol. The normalized spacial score (nSPS) is 10.3. The Hall–Kier alpha value is -1.66. The maximum atomic E-state index is 10.8. The van der Waals surface area contributed by atoms with Crippen molar-refractivity contribution in [3.8, 4) is 0 Å². The molecule has 0 aromatic heterocycles. The Morgan fingerprint density at radius 2 is 1.40 bits per heavy atom. The largest absolute Gasteiger partial charge is 0.414 e. The number of esters is 2. The summed E-state index contributed by atoms with van der Waals surface area (Å²) < 4.78 is 9.02. The summed E-state index contributed by atoms with van der Waals surface area (Å²) in [5.41, 5.74) is 0. The number of ether oxygens (including phenoxy) is 2. The quantitative estimate of drug-likeness (QED) is 0.340. The predicted octanol–water partition coefficient (Wildman–Crippen LogP) is -0.874. The van der Waals surface area contributed by atoms with Gasteiger partial charge in [-0.15, -0.1) is 0 Å². The Morgan fingerprint density at radius 3 is 1.60 bits per heavy atom. The zero-order valence-corrected chi connectivity index (χ0v) is 8.01. The van der Waals surface area contributed by atoms with Crippen molar-refractivity contribution in [1.29, 1.82) is 0 Å². The van der Waals surface area contributed by atoms with E-state index in [1.807, 2.05) is 0 Å². The van der Waals surface area contributed by atoms with Gasteiger partial charge in [-0.05, 0) is 0 Å². The van der Waals surface area contributed by atoms with E-state index >= 15 is 0 Å². The molecule has 0 spiro atoms. The minimum Gasteiger partial charge on any atom is -0.414 e. The van der Waals surface area contributed by atoms with Crippen molar-refractivity contribution in [2.24, 2.45) is 0 Å². The van der Waals surface area contributed by atoms with Crippen LogP contribution in [0.5, 0.6) is 0 Å². The molecule has 0 aromatic rings. The summed E-state index contributed by atoms with van der Waals surface area (Å²) in [5.74, 6) is -3.97. The van der Waals surface area contributed by atoms with Gasteiger partial charge in [0.15, 0.2) is 0 Å². The maximum Gasteiger partial charge on any atom is 0.333 e. The van der Waals surface area contributed by atoms with E-state index in [1.165, 1.54) is 0 Å². The first kappa shape index (κ1) is 13.3. The van der Waals surface area contributed by atoms with Gasteiger partial charge in [0.1, 0.15) is 13.2 Å². The zero-order chi connectivity index (χ0) is 11.9. The first-order valence-electron chi connectivity index (χ1n) is 3.96. The lowest BCUT2D eigenvalue weighted by Gasteiger charge is -2.27. The maximum absolute atomic E-state index is 10.8. The summed E-state index contributed by atoms with van der Waals surface area (Å²) in [6.07, 6.45) is 1.61. The minimum absolute atomic E-state index is 0.807. The van der Waals surface area contributed by atoms with Crippen LogP contribution in [-0.2, 0) is 19.1 Å². The summed E-state index contributed by atoms with van der Waals surface area (Å²) in [5, 5.41) is 17.8. The molecule has 0 aromatic carbocycles. The fourth-order valence-corrected chi connectivity index (χ4v) is 0.650. The molecule has 0 fully saturated rings. The second-order valence-corrected chi connectivity index (χ2v) is 2.48. The molecule has 0 saturated heterocycles. The van der Waals surface area contributed by atoms with Crippen LogP contribution in [0.25, 0.3) is 0 Å². The average Bonchev–Trinajstić information content (AvgIpc) is 2.27. The van der Waals surface area contributed by atoms with E-state index in [4.69, 9.17) is 10.2 Å². The number of carbonyl (C=O) groups excluding carboxylic acids is 2. The van der Waals surface area contributed by atoms with E-state index in [-0.39, 0.29) is 0 Å². The van der Waals surface area contributed by atoms with Crippen LogP contribution in [0, 0.1) is 0 Å². The van der Waals surface area contributed by atoms with Crippen molar-refractivity contribution in [2.75, 3.05) is 13.2 Å². The molecule has 0 atom stereocenters. The number of carbonyl (C=O) groups is 2. The number of aliphatic hydroxyl groups excluding tert-OH is 2. The predicted molar refractivity (Wildman–Crippen MR) is 49.5 cm³/mol. The molecule has 0 rings (SSSR count). The van der Waals surface area contributed by atoms with Crippen molar-refractivity contribution in [1.82, 2.24) is 0 Å². The fourth-order valence-electron chi connectivity index (χ4n) is 0.650. The van der Waals surface area contributed by atoms with Gasteiger partial charge in [0, 0.05) is 12.2 Å². The molecule has 0 amide bonds. The third-order valence-electron chi connectivity index (χ3n) is 1.39. The third-order valence-corrected chi connectivity index (χ3v) is 1.39. The molecule has 6 nitrogen and oxygen atoms in total. The van der Waals surface area contributed by atoms with Gasteiger partial charge in [0.25, 0.3) is 0 Å². The van der Waals surface area contributed by atoms with E-state index in [9.17, 15) is 9.59 Å². The highest BCUT2D eigenvalue weighted by molar-refractivity contribution is 5.83. The summed E-state index contributed by atoms with van der Waals surface area (Å²) >= 11 is 0. The molecule has 0 saturated carbocycles. The first-order valence-corrected chi connectivity index (χ1v) is 3.96. The summed E-state index contributed by atoms with van der Waals surface area (Å²) in [6.45, 7) is 4.48. The molecule has 0 aliphatic rings. The lowest BCUT2D eigenvalue weighted by atomic mass is 10.3. The number of aliphatic hydroxyl groups is 2. The molecule has 0 bridgehead atoms. The first-order chi connectivity index (χ1) is 7.03. The highest BCUT2D eigenvalue weighted by Gasteiger charge is 2.36. The Bertz CT molecular complexity index is 242. The van der Waals surface area contributed by atoms with Crippen molar-refractivity contribution in [3.05, 3.63) is 25.3 Å². The van der Waals surface area contributed by atoms with Gasteiger partial charge < -0.3 is 19.7 Å². The van der Waals surface area contributed by atoms with Crippen LogP contribution in [0.3, 0.4) is 0 Å². The van der Waals surface area contributed by atoms with Gasteiger partial charge in [-0.3, -0.25) is 0 Å². The molecule has 84 valence electrons. The Balaban J connectivity index is 4.70. The molecule has 2 N–H and O–H groups in total. The summed E-state index contributed by atoms with van der Waals surface area (Å²) in [7, 11) is 0. The van der Waals surface area contributed by atoms with Crippen LogP contribution in [-0.4, -0.2) is 41.2 Å². The molecular weight excluding hydrogens is 204 g/mol. The molecule has 6 heteroatoms. The van der Waals surface area contributed by atoms with Crippen molar-refractivity contribution in [3.63, 3.8) is 0 Å². The van der Waals surface area contributed by atoms with Gasteiger partial charge in [-0.25, -0.2) is 9.59 Å². The van der Waals surface area contributed by atoms with Crippen molar-refractivity contribution in [2.45, 2.75) is 5.79 Å². The Labute approximate surface area is 86.4 Å². The van der Waals surface area contributed by atoms with Gasteiger partial charge in [0.05, 0.1) is 0 Å². The number of hydrogen-bond acceptors (Lipinski definition) is 6. The molecule has 0 aliphatic heterocycles. The van der Waals surface area contributed by atoms with Crippen molar-refractivity contribution < 1.29 is 29.3 Å². The van der Waals surface area contributed by atoms with Gasteiger partial charge >= 0.3 is 17.7 Å². The van der Waals surface area contributed by atoms with E-state index < -0.39 is 30.9 Å². The molecule has 0 heterocycles. The molecule has 0 unspecified atom stereocenters. The molecule has 0 aliphatic carbocycles. The van der Waals surface area contributed by atoms with Crippen LogP contribution in [0.1, 0.15) is 0 Å². The van der Waals surface area contributed by atoms with Crippen LogP contribution >= 0.6 is 0 Å². The zero-order valence-electron chi connectivity index (χ0n) is 8.01. The summed E-state index contributed by atoms with van der Waals surface area (Å²) in [4.78, 5) is 21.7. The SMILES string of the molecule is C=CC(=O)OC(CO)(CO)OC(=O)C=C. The fraction of sp³-hybridized carbons (Fsp3) is 0.333. The van der Waals surface area contributed by atoms with Crippen LogP contribution in [0.15, 0.2) is 25.3 Å². The highest BCUT2D eigenvalue weighted by Crippen LogP contribution is 2.13. The number of hydrogen-bond donors (Lipinski definition) is 2. The van der Waals surface area contributed by atoms with E-state index in [2.05, 4.69) is 22.6 Å². The standard InChI is InChI=1S/C9H12O6/c1-3-7(12)14-9(5-10,6-11)15-8(13)4-2/h3-4,10-11H,1-2,5-6H2.